The molecule has 2 aromatic carbocycles. The van der Waals surface area contributed by atoms with Gasteiger partial charge in [0.1, 0.15) is 12.1 Å². The highest BCUT2D eigenvalue weighted by molar-refractivity contribution is 5.91. The van der Waals surface area contributed by atoms with Gasteiger partial charge in [0.05, 0.1) is 29.9 Å². The number of para-hydroxylation sites is 2. The van der Waals surface area contributed by atoms with Gasteiger partial charge in [0, 0.05) is 5.69 Å². The minimum atomic E-state index is -0.588. The Labute approximate surface area is 172 Å². The van der Waals surface area contributed by atoms with E-state index in [0.29, 0.717) is 22.7 Å². The highest BCUT2D eigenvalue weighted by Crippen LogP contribution is 2.35. The second kappa shape index (κ2) is 9.32. The maximum atomic E-state index is 11.9. The van der Waals surface area contributed by atoms with Gasteiger partial charge in [0.25, 0.3) is 0 Å². The number of benzene rings is 2. The molecule has 0 amide bonds. The monoisotopic (exact) mass is 409 g/mol. The summed E-state index contributed by atoms with van der Waals surface area (Å²) in [6, 6.07) is 13.4. The number of anilines is 4. The molecule has 0 bridgehead atoms. The number of carbonyl (C=O) groups excluding carboxylic acids is 1. The van der Waals surface area contributed by atoms with Crippen molar-refractivity contribution in [2.24, 2.45) is 0 Å². The number of hydrogen-bond acceptors (Lipinski definition) is 9. The standard InChI is InChI=1S/C20H19N5O5/c1-3-30-20(26)13-7-6-8-14(11-13)23-18-17(25(27)28)19(22-12-21-18)24-15-9-4-5-10-16(15)29-2/h4-12H,3H2,1-2H3,(H2,21,22,23,24). The number of esters is 1. The van der Waals surface area contributed by atoms with Crippen molar-refractivity contribution in [2.45, 2.75) is 6.92 Å². The summed E-state index contributed by atoms with van der Waals surface area (Å²) in [4.78, 5) is 31.1. The molecule has 10 nitrogen and oxygen atoms in total. The van der Waals surface area contributed by atoms with E-state index in [0.717, 1.165) is 0 Å². The Bertz CT molecular complexity index is 1070. The van der Waals surface area contributed by atoms with E-state index in [9.17, 15) is 14.9 Å². The Hall–Kier alpha value is -4.21. The molecule has 154 valence electrons. The summed E-state index contributed by atoms with van der Waals surface area (Å²) >= 11 is 0. The molecule has 3 rings (SSSR count). The van der Waals surface area contributed by atoms with Crippen molar-refractivity contribution < 1.29 is 19.2 Å². The summed E-state index contributed by atoms with van der Waals surface area (Å²) in [5.74, 6) is -0.0316. The largest absolute Gasteiger partial charge is 0.495 e. The van der Waals surface area contributed by atoms with Gasteiger partial charge in [-0.3, -0.25) is 10.1 Å². The van der Waals surface area contributed by atoms with Gasteiger partial charge < -0.3 is 20.1 Å². The Kier molecular flexibility index (Phi) is 6.38. The maximum Gasteiger partial charge on any atom is 0.353 e. The number of nitro groups is 1. The van der Waals surface area contributed by atoms with Crippen LogP contribution >= 0.6 is 0 Å². The second-order valence-corrected chi connectivity index (χ2v) is 5.93. The molecule has 0 aliphatic heterocycles. The Morgan fingerprint density at radius 3 is 2.53 bits per heavy atom. The molecule has 1 aromatic heterocycles. The lowest BCUT2D eigenvalue weighted by atomic mass is 10.2. The zero-order valence-electron chi connectivity index (χ0n) is 16.3. The number of methoxy groups -OCH3 is 1. The normalized spacial score (nSPS) is 10.2. The van der Waals surface area contributed by atoms with Gasteiger partial charge in [-0.25, -0.2) is 14.8 Å². The van der Waals surface area contributed by atoms with E-state index in [1.807, 2.05) is 0 Å². The molecular weight excluding hydrogens is 390 g/mol. The van der Waals surface area contributed by atoms with Gasteiger partial charge in [0.15, 0.2) is 0 Å². The first-order valence-corrected chi connectivity index (χ1v) is 8.97. The van der Waals surface area contributed by atoms with Crippen molar-refractivity contribution in [2.75, 3.05) is 24.4 Å². The molecule has 0 saturated carbocycles. The molecule has 0 radical (unpaired) electrons. The van der Waals surface area contributed by atoms with Crippen LogP contribution in [0.2, 0.25) is 0 Å². The average molecular weight is 409 g/mol. The van der Waals surface area contributed by atoms with E-state index >= 15 is 0 Å². The summed E-state index contributed by atoms with van der Waals surface area (Å²) in [6.45, 7) is 1.95. The summed E-state index contributed by atoms with van der Waals surface area (Å²) in [7, 11) is 1.50. The van der Waals surface area contributed by atoms with Crippen LogP contribution in [0.5, 0.6) is 5.75 Å². The molecule has 0 spiro atoms. The van der Waals surface area contributed by atoms with Crippen LogP contribution in [0, 0.1) is 10.1 Å². The van der Waals surface area contributed by atoms with E-state index in [-0.39, 0.29) is 23.9 Å². The second-order valence-electron chi connectivity index (χ2n) is 5.93. The van der Waals surface area contributed by atoms with Gasteiger partial charge in [-0.05, 0) is 37.3 Å². The molecule has 2 N–H and O–H groups in total. The molecule has 1 heterocycles. The first-order chi connectivity index (χ1) is 14.5. The summed E-state index contributed by atoms with van der Waals surface area (Å²) < 4.78 is 10.2. The van der Waals surface area contributed by atoms with Gasteiger partial charge in [-0.1, -0.05) is 18.2 Å². The fourth-order valence-electron chi connectivity index (χ4n) is 2.69. The van der Waals surface area contributed by atoms with Crippen molar-refractivity contribution >= 4 is 34.7 Å². The number of aromatic nitrogens is 2. The van der Waals surface area contributed by atoms with Crippen LogP contribution in [-0.2, 0) is 4.74 Å². The van der Waals surface area contributed by atoms with Crippen molar-refractivity contribution in [1.29, 1.82) is 0 Å². The third-order valence-corrected chi connectivity index (χ3v) is 4.00. The molecule has 3 aromatic rings. The molecule has 0 aliphatic rings. The lowest BCUT2D eigenvalue weighted by Crippen LogP contribution is -2.07. The predicted octanol–water partition coefficient (Wildman–Crippen LogP) is 4.06. The number of hydrogen-bond donors (Lipinski definition) is 2. The summed E-state index contributed by atoms with van der Waals surface area (Å²) in [5.41, 5.74) is 0.901. The van der Waals surface area contributed by atoms with E-state index in [4.69, 9.17) is 9.47 Å². The van der Waals surface area contributed by atoms with Crippen molar-refractivity contribution in [3.05, 3.63) is 70.5 Å². The lowest BCUT2D eigenvalue weighted by molar-refractivity contribution is -0.383. The fraction of sp³-hybridized carbons (Fsp3) is 0.150. The molecule has 0 atom stereocenters. The third-order valence-electron chi connectivity index (χ3n) is 4.00. The molecule has 10 heteroatoms. The minimum Gasteiger partial charge on any atom is -0.495 e. The fourth-order valence-corrected chi connectivity index (χ4v) is 2.69. The van der Waals surface area contributed by atoms with Crippen molar-refractivity contribution in [3.63, 3.8) is 0 Å². The summed E-state index contributed by atoms with van der Waals surface area (Å²) in [5, 5.41) is 17.6. The molecule has 30 heavy (non-hydrogen) atoms. The first-order valence-electron chi connectivity index (χ1n) is 8.97. The van der Waals surface area contributed by atoms with Gasteiger partial charge in [0.2, 0.25) is 11.6 Å². The topological polar surface area (TPSA) is 129 Å². The molecular formula is C20H19N5O5. The van der Waals surface area contributed by atoms with Crippen LogP contribution in [0.3, 0.4) is 0 Å². The van der Waals surface area contributed by atoms with Crippen molar-refractivity contribution in [1.82, 2.24) is 9.97 Å². The van der Waals surface area contributed by atoms with E-state index in [1.54, 1.807) is 49.4 Å². The smallest absolute Gasteiger partial charge is 0.353 e. The van der Waals surface area contributed by atoms with Crippen LogP contribution in [0.15, 0.2) is 54.9 Å². The van der Waals surface area contributed by atoms with Crippen LogP contribution in [-0.4, -0.2) is 34.6 Å². The van der Waals surface area contributed by atoms with Crippen LogP contribution in [0.25, 0.3) is 0 Å². The average Bonchev–Trinajstić information content (AvgIpc) is 2.74. The molecule has 0 saturated heterocycles. The van der Waals surface area contributed by atoms with E-state index in [1.165, 1.54) is 19.5 Å². The van der Waals surface area contributed by atoms with Crippen LogP contribution in [0.4, 0.5) is 28.7 Å². The lowest BCUT2D eigenvalue weighted by Gasteiger charge is -2.12. The number of carbonyl (C=O) groups is 1. The van der Waals surface area contributed by atoms with E-state index in [2.05, 4.69) is 20.6 Å². The van der Waals surface area contributed by atoms with Crippen molar-refractivity contribution in [3.8, 4) is 5.75 Å². The number of nitrogens with zero attached hydrogens (tertiary/aromatic N) is 3. The van der Waals surface area contributed by atoms with E-state index < -0.39 is 10.9 Å². The van der Waals surface area contributed by atoms with Crippen LogP contribution < -0.4 is 15.4 Å². The highest BCUT2D eigenvalue weighted by atomic mass is 16.6. The number of nitrogens with one attached hydrogen (secondary N) is 2. The van der Waals surface area contributed by atoms with Gasteiger partial charge in [-0.15, -0.1) is 0 Å². The zero-order valence-corrected chi connectivity index (χ0v) is 16.3. The Morgan fingerprint density at radius 1 is 1.10 bits per heavy atom. The highest BCUT2D eigenvalue weighted by Gasteiger charge is 2.24. The number of ether oxygens (including phenoxy) is 2. The molecule has 0 aliphatic carbocycles. The summed E-state index contributed by atoms with van der Waals surface area (Å²) in [6.07, 6.45) is 1.20. The minimum absolute atomic E-state index is 0.0106. The molecule has 0 unspecified atom stereocenters. The van der Waals surface area contributed by atoms with Gasteiger partial charge >= 0.3 is 11.7 Å². The Morgan fingerprint density at radius 2 is 1.83 bits per heavy atom. The number of rotatable bonds is 8. The zero-order chi connectivity index (χ0) is 21.5. The van der Waals surface area contributed by atoms with Gasteiger partial charge in [-0.2, -0.15) is 0 Å². The quantitative estimate of drug-likeness (QED) is 0.321. The third kappa shape index (κ3) is 4.61. The Balaban J connectivity index is 1.95. The maximum absolute atomic E-state index is 11.9. The van der Waals surface area contributed by atoms with Crippen LogP contribution in [0.1, 0.15) is 17.3 Å². The predicted molar refractivity (Wildman–Crippen MR) is 111 cm³/mol. The first kappa shape index (κ1) is 20.5. The molecule has 0 fully saturated rings. The SMILES string of the molecule is CCOC(=O)c1cccc(Nc2ncnc(Nc3ccccc3OC)c2[N+](=O)[O-])c1.